The molecular weight excluding hydrogens is 330 g/mol. The Hall–Kier alpha value is -2.14. The van der Waals surface area contributed by atoms with Crippen LogP contribution >= 0.6 is 0 Å². The van der Waals surface area contributed by atoms with Crippen LogP contribution in [0.5, 0.6) is 0 Å². The van der Waals surface area contributed by atoms with Crippen LogP contribution in [0.4, 0.5) is 4.79 Å². The van der Waals surface area contributed by atoms with Gasteiger partial charge in [0.2, 0.25) is 0 Å². The Balaban J connectivity index is 2.16. The second kappa shape index (κ2) is 8.04. The zero-order chi connectivity index (χ0) is 19.5. The van der Waals surface area contributed by atoms with E-state index in [-0.39, 0.29) is 29.9 Å². The van der Waals surface area contributed by atoms with E-state index in [1.807, 2.05) is 65.0 Å². The van der Waals surface area contributed by atoms with E-state index < -0.39 is 11.7 Å². The molecule has 26 heavy (non-hydrogen) atoms. The monoisotopic (exact) mass is 359 g/mol. The number of benzene rings is 1. The van der Waals surface area contributed by atoms with Crippen molar-refractivity contribution in [3.63, 3.8) is 0 Å². The predicted octanol–water partition coefficient (Wildman–Crippen LogP) is 4.35. The average Bonchev–Trinajstić information content (AvgIpc) is 2.83. The van der Waals surface area contributed by atoms with Gasteiger partial charge >= 0.3 is 6.09 Å². The normalized spacial score (nSPS) is 21.9. The number of ether oxygens (including phenoxy) is 2. The lowest BCUT2D eigenvalue weighted by atomic mass is 9.89. The van der Waals surface area contributed by atoms with Gasteiger partial charge in [0, 0.05) is 19.1 Å². The third-order valence-electron chi connectivity index (χ3n) is 4.81. The minimum absolute atomic E-state index is 0.0320. The summed E-state index contributed by atoms with van der Waals surface area (Å²) in [6.45, 7) is 9.63. The molecule has 1 heterocycles. The summed E-state index contributed by atoms with van der Waals surface area (Å²) < 4.78 is 11.0. The highest BCUT2D eigenvalue weighted by Gasteiger charge is 2.51. The number of imide groups is 1. The van der Waals surface area contributed by atoms with Gasteiger partial charge < -0.3 is 9.47 Å². The van der Waals surface area contributed by atoms with Crippen molar-refractivity contribution in [2.24, 2.45) is 11.8 Å². The molecule has 2 amide bonds. The van der Waals surface area contributed by atoms with E-state index in [0.29, 0.717) is 0 Å². The molecule has 1 fully saturated rings. The Kier molecular flexibility index (Phi) is 6.24. The van der Waals surface area contributed by atoms with Gasteiger partial charge in [0.1, 0.15) is 5.60 Å². The Morgan fingerprint density at radius 2 is 1.85 bits per heavy atom. The molecule has 5 nitrogen and oxygen atoms in total. The van der Waals surface area contributed by atoms with Crippen LogP contribution in [0.3, 0.4) is 0 Å². The maximum atomic E-state index is 12.7. The fraction of sp³-hybridized carbons (Fsp3) is 0.524. The molecule has 0 saturated carbocycles. The lowest BCUT2D eigenvalue weighted by Crippen LogP contribution is -2.47. The van der Waals surface area contributed by atoms with Crippen LogP contribution in [-0.4, -0.2) is 35.7 Å². The zero-order valence-corrected chi connectivity index (χ0v) is 16.4. The van der Waals surface area contributed by atoms with E-state index in [2.05, 4.69) is 0 Å². The summed E-state index contributed by atoms with van der Waals surface area (Å²) in [4.78, 5) is 26.2. The molecule has 2 rings (SSSR count). The molecule has 0 N–H and O–H groups in total. The highest BCUT2D eigenvalue weighted by atomic mass is 16.6. The van der Waals surface area contributed by atoms with Gasteiger partial charge in [-0.15, -0.1) is 0 Å². The molecule has 1 aromatic carbocycles. The molecule has 5 heteroatoms. The molecule has 0 bridgehead atoms. The minimum Gasteiger partial charge on any atom is -0.441 e. The van der Waals surface area contributed by atoms with Gasteiger partial charge in [0.25, 0.3) is 5.91 Å². The largest absolute Gasteiger partial charge is 0.441 e. The van der Waals surface area contributed by atoms with Crippen molar-refractivity contribution in [1.82, 2.24) is 4.90 Å². The molecule has 142 valence electrons. The molecule has 1 aliphatic rings. The summed E-state index contributed by atoms with van der Waals surface area (Å²) in [6.07, 6.45) is 2.50. The van der Waals surface area contributed by atoms with Crippen molar-refractivity contribution >= 4 is 12.0 Å². The summed E-state index contributed by atoms with van der Waals surface area (Å²) in [5, 5.41) is 0. The summed E-state index contributed by atoms with van der Waals surface area (Å²) in [7, 11) is 1.65. The lowest BCUT2D eigenvalue weighted by molar-refractivity contribution is -0.125. The molecule has 0 radical (unpaired) electrons. The van der Waals surface area contributed by atoms with Crippen LogP contribution in [0.15, 0.2) is 42.5 Å². The minimum atomic E-state index is -0.695. The van der Waals surface area contributed by atoms with E-state index in [0.717, 1.165) is 5.56 Å². The van der Waals surface area contributed by atoms with Crippen molar-refractivity contribution < 1.29 is 19.1 Å². The molecule has 1 saturated heterocycles. The van der Waals surface area contributed by atoms with Crippen LogP contribution in [0.1, 0.15) is 46.3 Å². The fourth-order valence-electron chi connectivity index (χ4n) is 3.80. The van der Waals surface area contributed by atoms with Crippen LogP contribution in [0.25, 0.3) is 0 Å². The van der Waals surface area contributed by atoms with Crippen LogP contribution < -0.4 is 0 Å². The highest BCUT2D eigenvalue weighted by Crippen LogP contribution is 2.34. The fourth-order valence-corrected chi connectivity index (χ4v) is 3.80. The number of carbonyl (C=O) groups excluding carboxylic acids is 2. The van der Waals surface area contributed by atoms with Gasteiger partial charge in [-0.2, -0.15) is 0 Å². The van der Waals surface area contributed by atoms with Gasteiger partial charge in [0.05, 0.1) is 12.1 Å². The number of carbonyl (C=O) groups is 2. The number of cyclic esters (lactones) is 1. The summed E-state index contributed by atoms with van der Waals surface area (Å²) in [5.41, 5.74) is 0.348. The number of nitrogens with zero attached hydrogens (tertiary/aromatic N) is 1. The van der Waals surface area contributed by atoms with Gasteiger partial charge in [0.15, 0.2) is 0 Å². The molecule has 1 aromatic rings. The lowest BCUT2D eigenvalue weighted by Gasteiger charge is -2.30. The first-order valence-corrected chi connectivity index (χ1v) is 9.01. The van der Waals surface area contributed by atoms with E-state index in [4.69, 9.17) is 9.47 Å². The van der Waals surface area contributed by atoms with Crippen molar-refractivity contribution in [2.45, 2.75) is 52.4 Å². The van der Waals surface area contributed by atoms with E-state index in [1.165, 1.54) is 11.0 Å². The zero-order valence-electron chi connectivity index (χ0n) is 16.4. The Labute approximate surface area is 156 Å². The molecule has 3 atom stereocenters. The van der Waals surface area contributed by atoms with Gasteiger partial charge in [-0.1, -0.05) is 57.2 Å². The Bertz CT molecular complexity index is 666. The number of hydrogen-bond donors (Lipinski definition) is 0. The molecule has 0 unspecified atom stereocenters. The first-order valence-electron chi connectivity index (χ1n) is 9.01. The van der Waals surface area contributed by atoms with Crippen LogP contribution in [0, 0.1) is 11.8 Å². The summed E-state index contributed by atoms with van der Waals surface area (Å²) in [6, 6.07) is 9.56. The third kappa shape index (κ3) is 4.15. The quantitative estimate of drug-likeness (QED) is 0.709. The van der Waals surface area contributed by atoms with E-state index in [1.54, 1.807) is 13.2 Å². The first kappa shape index (κ1) is 20.2. The van der Waals surface area contributed by atoms with E-state index in [9.17, 15) is 9.59 Å². The Morgan fingerprint density at radius 3 is 2.38 bits per heavy atom. The van der Waals surface area contributed by atoms with Gasteiger partial charge in [-0.3, -0.25) is 4.79 Å². The molecule has 1 aliphatic heterocycles. The molecular formula is C21H29NO4. The highest BCUT2D eigenvalue weighted by molar-refractivity contribution is 6.00. The number of amides is 2. The van der Waals surface area contributed by atoms with Crippen molar-refractivity contribution in [3.8, 4) is 0 Å². The maximum Gasteiger partial charge on any atom is 0.417 e. The first-order chi connectivity index (χ1) is 12.2. The smallest absolute Gasteiger partial charge is 0.417 e. The molecule has 0 aromatic heterocycles. The molecule has 0 aliphatic carbocycles. The van der Waals surface area contributed by atoms with Crippen LogP contribution in [-0.2, 0) is 14.3 Å². The number of rotatable bonds is 6. The molecule has 0 spiro atoms. The van der Waals surface area contributed by atoms with E-state index >= 15 is 0 Å². The van der Waals surface area contributed by atoms with Gasteiger partial charge in [-0.25, -0.2) is 9.69 Å². The summed E-state index contributed by atoms with van der Waals surface area (Å²) >= 11 is 0. The summed E-state index contributed by atoms with van der Waals surface area (Å²) in [5.74, 6) is -0.285. The standard InChI is InChI=1S/C21H29NO4/c1-14(2)19-21(4,5)26-20(24)22(19)17(23)13-12-15(3)18(25-6)16-10-8-7-9-11-16/h7-15,18-19H,1-6H3/b13-12+/t15-,18+,19-/m0/s1. The van der Waals surface area contributed by atoms with Crippen molar-refractivity contribution in [3.05, 3.63) is 48.0 Å². The predicted molar refractivity (Wildman–Crippen MR) is 101 cm³/mol. The second-order valence-electron chi connectivity index (χ2n) is 7.65. The SMILES string of the molecule is CO[C@@H](c1ccccc1)[C@@H](C)/C=C/C(=O)N1C(=O)OC(C)(C)[C@@H]1C(C)C. The number of methoxy groups -OCH3 is 1. The third-order valence-corrected chi connectivity index (χ3v) is 4.81. The van der Waals surface area contributed by atoms with Crippen molar-refractivity contribution in [2.75, 3.05) is 7.11 Å². The topological polar surface area (TPSA) is 55.8 Å². The Morgan fingerprint density at radius 1 is 1.23 bits per heavy atom. The van der Waals surface area contributed by atoms with Crippen molar-refractivity contribution in [1.29, 1.82) is 0 Å². The number of hydrogen-bond acceptors (Lipinski definition) is 4. The average molecular weight is 359 g/mol. The van der Waals surface area contributed by atoms with Gasteiger partial charge in [-0.05, 0) is 25.3 Å². The maximum absolute atomic E-state index is 12.7. The van der Waals surface area contributed by atoms with Crippen LogP contribution in [0.2, 0.25) is 0 Å². The second-order valence-corrected chi connectivity index (χ2v) is 7.65.